The summed E-state index contributed by atoms with van der Waals surface area (Å²) in [6.07, 6.45) is 8.29. The smallest absolute Gasteiger partial charge is 0.0317 e. The highest BCUT2D eigenvalue weighted by Gasteiger charge is 2.17. The second kappa shape index (κ2) is 6.45. The molecule has 2 N–H and O–H groups in total. The highest BCUT2D eigenvalue weighted by molar-refractivity contribution is 5.47. The van der Waals surface area contributed by atoms with E-state index in [-0.39, 0.29) is 5.41 Å². The fraction of sp³-hybridized carbons (Fsp3) is 0.556. The number of allylic oxidation sites excluding steroid dienone is 1. The number of rotatable bonds is 4. The van der Waals surface area contributed by atoms with E-state index in [0.717, 1.165) is 18.7 Å². The average Bonchev–Trinajstić information content (AvgIpc) is 2.86. The highest BCUT2D eigenvalue weighted by Crippen LogP contribution is 2.27. The Kier molecular flexibility index (Phi) is 4.87. The standard InChI is InChI=1S/C18H28N2/c1-18(2,3)17-10-9-16(19)14-15(17)8-4-5-11-20-12-6-7-13-20/h4-5,9-10,14H,6-8,11-13,19H2,1-3H3. The lowest BCUT2D eigenvalue weighted by molar-refractivity contribution is 0.377. The number of hydrogen-bond donors (Lipinski definition) is 1. The number of nitrogen functional groups attached to an aromatic ring is 1. The van der Waals surface area contributed by atoms with Crippen LogP contribution in [0, 0.1) is 0 Å². The summed E-state index contributed by atoms with van der Waals surface area (Å²) in [5.74, 6) is 0. The van der Waals surface area contributed by atoms with E-state index in [1.54, 1.807) is 0 Å². The van der Waals surface area contributed by atoms with Crippen molar-refractivity contribution in [1.29, 1.82) is 0 Å². The molecule has 0 radical (unpaired) electrons. The molecule has 1 heterocycles. The van der Waals surface area contributed by atoms with Gasteiger partial charge in [-0.2, -0.15) is 0 Å². The van der Waals surface area contributed by atoms with E-state index < -0.39 is 0 Å². The van der Waals surface area contributed by atoms with Crippen molar-refractivity contribution in [2.45, 2.75) is 45.4 Å². The predicted octanol–water partition coefficient (Wildman–Crippen LogP) is 3.76. The molecule has 0 aromatic heterocycles. The van der Waals surface area contributed by atoms with Crippen LogP contribution in [0.4, 0.5) is 5.69 Å². The number of benzene rings is 1. The molecule has 2 nitrogen and oxygen atoms in total. The molecule has 0 saturated carbocycles. The molecule has 1 fully saturated rings. The molecule has 0 amide bonds. The summed E-state index contributed by atoms with van der Waals surface area (Å²) in [5, 5.41) is 0. The van der Waals surface area contributed by atoms with Gasteiger partial charge in [-0.25, -0.2) is 0 Å². The minimum absolute atomic E-state index is 0.172. The lowest BCUT2D eigenvalue weighted by atomic mass is 9.82. The molecule has 1 aromatic carbocycles. The van der Waals surface area contributed by atoms with Gasteiger partial charge >= 0.3 is 0 Å². The molecular formula is C18H28N2. The Morgan fingerprint density at radius 1 is 1.15 bits per heavy atom. The van der Waals surface area contributed by atoms with Gasteiger partial charge in [0.25, 0.3) is 0 Å². The summed E-state index contributed by atoms with van der Waals surface area (Å²) in [6, 6.07) is 6.32. The zero-order valence-corrected chi connectivity index (χ0v) is 13.2. The molecule has 0 aliphatic carbocycles. The molecule has 1 aromatic rings. The lowest BCUT2D eigenvalue weighted by Crippen LogP contribution is -2.18. The number of anilines is 1. The van der Waals surface area contributed by atoms with Gasteiger partial charge in [-0.3, -0.25) is 4.90 Å². The fourth-order valence-corrected chi connectivity index (χ4v) is 2.91. The van der Waals surface area contributed by atoms with Crippen LogP contribution in [0.15, 0.2) is 30.4 Å². The second-order valence-corrected chi connectivity index (χ2v) is 6.85. The van der Waals surface area contributed by atoms with Crippen molar-refractivity contribution in [2.75, 3.05) is 25.4 Å². The van der Waals surface area contributed by atoms with E-state index >= 15 is 0 Å². The Balaban J connectivity index is 2.00. The van der Waals surface area contributed by atoms with Gasteiger partial charge in [-0.1, -0.05) is 39.0 Å². The molecule has 0 spiro atoms. The Bertz CT molecular complexity index is 463. The zero-order chi connectivity index (χ0) is 14.6. The van der Waals surface area contributed by atoms with Crippen molar-refractivity contribution in [3.8, 4) is 0 Å². The van der Waals surface area contributed by atoms with Gasteiger partial charge in [0.15, 0.2) is 0 Å². The molecule has 1 aliphatic rings. The molecule has 0 unspecified atom stereocenters. The summed E-state index contributed by atoms with van der Waals surface area (Å²) in [6.45, 7) is 10.4. The summed E-state index contributed by atoms with van der Waals surface area (Å²) in [5.41, 5.74) is 9.73. The molecule has 1 saturated heterocycles. The highest BCUT2D eigenvalue weighted by atomic mass is 15.1. The number of likely N-dealkylation sites (tertiary alicyclic amines) is 1. The molecule has 110 valence electrons. The first kappa shape index (κ1) is 15.1. The largest absolute Gasteiger partial charge is 0.399 e. The van der Waals surface area contributed by atoms with Crippen LogP contribution in [-0.4, -0.2) is 24.5 Å². The summed E-state index contributed by atoms with van der Waals surface area (Å²) in [4.78, 5) is 2.51. The van der Waals surface area contributed by atoms with Crippen LogP contribution in [0.25, 0.3) is 0 Å². The second-order valence-electron chi connectivity index (χ2n) is 6.85. The molecular weight excluding hydrogens is 244 g/mol. The van der Waals surface area contributed by atoms with Crippen molar-refractivity contribution in [3.05, 3.63) is 41.5 Å². The Morgan fingerprint density at radius 3 is 2.50 bits per heavy atom. The van der Waals surface area contributed by atoms with Crippen molar-refractivity contribution >= 4 is 5.69 Å². The van der Waals surface area contributed by atoms with Crippen LogP contribution in [-0.2, 0) is 11.8 Å². The van der Waals surface area contributed by atoms with E-state index in [1.807, 2.05) is 6.07 Å². The minimum atomic E-state index is 0.172. The topological polar surface area (TPSA) is 29.3 Å². The normalized spacial score (nSPS) is 17.1. The van der Waals surface area contributed by atoms with Crippen LogP contribution in [0.3, 0.4) is 0 Å². The van der Waals surface area contributed by atoms with Crippen LogP contribution >= 0.6 is 0 Å². The number of nitrogens with two attached hydrogens (primary N) is 1. The molecule has 1 aliphatic heterocycles. The van der Waals surface area contributed by atoms with Crippen LogP contribution in [0.5, 0.6) is 0 Å². The summed E-state index contributed by atoms with van der Waals surface area (Å²) < 4.78 is 0. The fourth-order valence-electron chi connectivity index (χ4n) is 2.91. The van der Waals surface area contributed by atoms with Gasteiger partial charge in [0.2, 0.25) is 0 Å². The molecule has 2 rings (SSSR count). The maximum Gasteiger partial charge on any atom is 0.0317 e. The first-order chi connectivity index (χ1) is 9.47. The van der Waals surface area contributed by atoms with Gasteiger partial charge in [0.05, 0.1) is 0 Å². The Hall–Kier alpha value is -1.28. The van der Waals surface area contributed by atoms with Gasteiger partial charge in [-0.05, 0) is 61.0 Å². The number of hydrogen-bond acceptors (Lipinski definition) is 2. The molecule has 20 heavy (non-hydrogen) atoms. The van der Waals surface area contributed by atoms with E-state index in [0.29, 0.717) is 0 Å². The van der Waals surface area contributed by atoms with Crippen LogP contribution in [0.2, 0.25) is 0 Å². The molecule has 2 heteroatoms. The van der Waals surface area contributed by atoms with Crippen molar-refractivity contribution in [2.24, 2.45) is 0 Å². The molecule has 0 bridgehead atoms. The quantitative estimate of drug-likeness (QED) is 0.668. The SMILES string of the molecule is CC(C)(C)c1ccc(N)cc1CC=CCN1CCCC1. The Morgan fingerprint density at radius 2 is 1.85 bits per heavy atom. The van der Waals surface area contributed by atoms with Crippen LogP contribution in [0.1, 0.15) is 44.7 Å². The summed E-state index contributed by atoms with van der Waals surface area (Å²) in [7, 11) is 0. The van der Waals surface area contributed by atoms with Crippen molar-refractivity contribution in [1.82, 2.24) is 4.90 Å². The first-order valence-electron chi connectivity index (χ1n) is 7.73. The third kappa shape index (κ3) is 4.11. The predicted molar refractivity (Wildman–Crippen MR) is 88.1 cm³/mol. The molecule has 0 atom stereocenters. The van der Waals surface area contributed by atoms with E-state index in [1.165, 1.54) is 37.1 Å². The third-order valence-corrected chi connectivity index (χ3v) is 4.00. The van der Waals surface area contributed by atoms with Crippen molar-refractivity contribution in [3.63, 3.8) is 0 Å². The first-order valence-corrected chi connectivity index (χ1v) is 7.73. The van der Waals surface area contributed by atoms with Crippen molar-refractivity contribution < 1.29 is 0 Å². The van der Waals surface area contributed by atoms with Crippen LogP contribution < -0.4 is 5.73 Å². The Labute approximate surface area is 123 Å². The maximum atomic E-state index is 5.94. The minimum Gasteiger partial charge on any atom is -0.399 e. The van der Waals surface area contributed by atoms with Gasteiger partial charge < -0.3 is 5.73 Å². The lowest BCUT2D eigenvalue weighted by Gasteiger charge is -2.23. The monoisotopic (exact) mass is 272 g/mol. The van der Waals surface area contributed by atoms with Gasteiger partial charge in [0, 0.05) is 12.2 Å². The van der Waals surface area contributed by atoms with E-state index in [4.69, 9.17) is 5.73 Å². The third-order valence-electron chi connectivity index (χ3n) is 4.00. The van der Waals surface area contributed by atoms with E-state index in [9.17, 15) is 0 Å². The maximum absolute atomic E-state index is 5.94. The average molecular weight is 272 g/mol. The number of nitrogens with zero attached hydrogens (tertiary/aromatic N) is 1. The summed E-state index contributed by atoms with van der Waals surface area (Å²) >= 11 is 0. The van der Waals surface area contributed by atoms with Gasteiger partial charge in [-0.15, -0.1) is 0 Å². The van der Waals surface area contributed by atoms with Gasteiger partial charge in [0.1, 0.15) is 0 Å². The zero-order valence-electron chi connectivity index (χ0n) is 13.2. The van der Waals surface area contributed by atoms with E-state index in [2.05, 4.69) is 50.0 Å².